The van der Waals surface area contributed by atoms with E-state index in [0.717, 1.165) is 0 Å². The number of nitrogens with zero attached hydrogens (tertiary/aromatic N) is 4. The molecule has 0 aliphatic heterocycles. The van der Waals surface area contributed by atoms with Gasteiger partial charge in [-0.05, 0) is 29.8 Å². The highest BCUT2D eigenvalue weighted by molar-refractivity contribution is 6.00. The van der Waals surface area contributed by atoms with E-state index in [1.807, 2.05) is 6.07 Å². The number of carbonyl (C=O) groups excluding carboxylic acids is 1. The van der Waals surface area contributed by atoms with Crippen LogP contribution in [0.3, 0.4) is 0 Å². The first-order valence-corrected chi connectivity index (χ1v) is 9.13. The summed E-state index contributed by atoms with van der Waals surface area (Å²) in [6, 6.07) is 15.5. The van der Waals surface area contributed by atoms with Crippen LogP contribution in [0, 0.1) is 11.3 Å². The Balaban J connectivity index is 1.96. The first-order chi connectivity index (χ1) is 14.9. The van der Waals surface area contributed by atoms with Crippen LogP contribution in [0.25, 0.3) is 16.7 Å². The van der Waals surface area contributed by atoms with E-state index >= 15 is 0 Å². The molecule has 0 saturated heterocycles. The second-order valence-corrected chi connectivity index (χ2v) is 6.71. The van der Waals surface area contributed by atoms with E-state index in [9.17, 15) is 19.5 Å². The number of benzene rings is 2. The minimum atomic E-state index is -1.29. The van der Waals surface area contributed by atoms with Crippen molar-refractivity contribution in [2.45, 2.75) is 6.54 Å². The van der Waals surface area contributed by atoms with Gasteiger partial charge in [-0.3, -0.25) is 14.4 Å². The van der Waals surface area contributed by atoms with Crippen LogP contribution < -0.4 is 10.9 Å². The first-order valence-electron chi connectivity index (χ1n) is 9.13. The monoisotopic (exact) mass is 417 g/mol. The smallest absolute Gasteiger partial charge is 0.322 e. The molecule has 0 unspecified atom stereocenters. The van der Waals surface area contributed by atoms with Crippen LogP contribution in [-0.2, 0) is 11.3 Å². The maximum absolute atomic E-state index is 13.3. The van der Waals surface area contributed by atoms with Crippen molar-refractivity contribution in [3.8, 4) is 11.8 Å². The Morgan fingerprint density at radius 2 is 1.84 bits per heavy atom. The van der Waals surface area contributed by atoms with Crippen LogP contribution in [0.15, 0.2) is 53.3 Å². The fraction of sp³-hybridized carbons (Fsp3) is 0.0952. The molecule has 0 aliphatic rings. The van der Waals surface area contributed by atoms with Crippen molar-refractivity contribution in [2.24, 2.45) is 0 Å². The van der Waals surface area contributed by atoms with Crippen molar-refractivity contribution in [3.05, 3.63) is 75.6 Å². The van der Waals surface area contributed by atoms with Gasteiger partial charge in [-0.25, -0.2) is 14.2 Å². The van der Waals surface area contributed by atoms with Gasteiger partial charge in [0, 0.05) is 0 Å². The molecular weight excluding hydrogens is 402 g/mol. The lowest BCUT2D eigenvalue weighted by molar-refractivity contribution is -0.135. The molecule has 10 heteroatoms. The van der Waals surface area contributed by atoms with Gasteiger partial charge in [0.05, 0.1) is 29.2 Å². The van der Waals surface area contributed by atoms with E-state index in [-0.39, 0.29) is 12.2 Å². The zero-order valence-electron chi connectivity index (χ0n) is 15.9. The summed E-state index contributed by atoms with van der Waals surface area (Å²) >= 11 is 0. The lowest BCUT2D eigenvalue weighted by atomic mass is 10.1. The molecule has 3 N–H and O–H groups in total. The highest BCUT2D eigenvalue weighted by atomic mass is 16.4. The van der Waals surface area contributed by atoms with Crippen molar-refractivity contribution in [2.75, 3.05) is 6.54 Å². The zero-order chi connectivity index (χ0) is 22.1. The lowest BCUT2D eigenvalue weighted by Crippen LogP contribution is -2.37. The van der Waals surface area contributed by atoms with Gasteiger partial charge in [0.1, 0.15) is 6.54 Å². The minimum Gasteiger partial charge on any atom is -0.504 e. The van der Waals surface area contributed by atoms with Crippen molar-refractivity contribution in [1.29, 1.82) is 5.26 Å². The van der Waals surface area contributed by atoms with Gasteiger partial charge in [-0.1, -0.05) is 24.3 Å². The third-order valence-corrected chi connectivity index (χ3v) is 4.72. The summed E-state index contributed by atoms with van der Waals surface area (Å²) < 4.78 is 2.65. The van der Waals surface area contributed by atoms with E-state index < -0.39 is 35.3 Å². The number of aromatic nitrogens is 3. The van der Waals surface area contributed by atoms with Gasteiger partial charge in [0.25, 0.3) is 11.5 Å². The zero-order valence-corrected chi connectivity index (χ0v) is 15.9. The normalized spacial score (nSPS) is 10.8. The predicted octanol–water partition coefficient (Wildman–Crippen LogP) is 1.09. The summed E-state index contributed by atoms with van der Waals surface area (Å²) in [5, 5.41) is 30.6. The fourth-order valence-corrected chi connectivity index (χ4v) is 3.29. The SMILES string of the molecule is N#Cc1ccc(Cn2c(=O)c(C(=O)NCC(=O)O)c(O)c3nc4ccccc4n32)cc1. The average Bonchev–Trinajstić information content (AvgIpc) is 3.15. The number of nitriles is 1. The van der Waals surface area contributed by atoms with Crippen LogP contribution in [0.2, 0.25) is 0 Å². The van der Waals surface area contributed by atoms with Crippen molar-refractivity contribution in [3.63, 3.8) is 0 Å². The summed E-state index contributed by atoms with van der Waals surface area (Å²) in [6.45, 7) is -0.699. The Bertz CT molecular complexity index is 1440. The molecule has 4 rings (SSSR count). The van der Waals surface area contributed by atoms with Gasteiger partial charge < -0.3 is 15.5 Å². The second-order valence-electron chi connectivity index (χ2n) is 6.71. The molecule has 4 aromatic rings. The number of fused-ring (bicyclic) bond motifs is 3. The molecule has 0 radical (unpaired) electrons. The average molecular weight is 417 g/mol. The van der Waals surface area contributed by atoms with Crippen molar-refractivity contribution >= 4 is 28.6 Å². The van der Waals surface area contributed by atoms with Crippen molar-refractivity contribution < 1.29 is 19.8 Å². The standard InChI is InChI=1S/C21H15N5O5/c22-9-12-5-7-13(8-6-12)11-25-21(31)17(20(30)23-10-16(27)28)18(29)19-24-14-3-1-2-4-15(14)26(19)25/h1-8,29H,10-11H2,(H,23,30)(H,27,28). The molecule has 0 aliphatic carbocycles. The Kier molecular flexibility index (Phi) is 4.85. The van der Waals surface area contributed by atoms with Gasteiger partial charge in [-0.15, -0.1) is 0 Å². The van der Waals surface area contributed by atoms with Gasteiger partial charge >= 0.3 is 5.97 Å². The Hall–Kier alpha value is -4.65. The minimum absolute atomic E-state index is 0.0148. The number of rotatable bonds is 5. The summed E-state index contributed by atoms with van der Waals surface area (Å²) in [5.74, 6) is -2.95. The first kappa shape index (κ1) is 19.7. The lowest BCUT2D eigenvalue weighted by Gasteiger charge is -2.14. The number of aromatic hydroxyl groups is 1. The fourth-order valence-electron chi connectivity index (χ4n) is 3.29. The molecule has 154 valence electrons. The molecule has 31 heavy (non-hydrogen) atoms. The molecule has 0 bridgehead atoms. The maximum atomic E-state index is 13.3. The quantitative estimate of drug-likeness (QED) is 0.440. The highest BCUT2D eigenvalue weighted by Crippen LogP contribution is 2.25. The van der Waals surface area contributed by atoms with E-state index in [1.54, 1.807) is 48.5 Å². The van der Waals surface area contributed by atoms with E-state index in [4.69, 9.17) is 10.4 Å². The van der Waals surface area contributed by atoms with Crippen LogP contribution in [0.1, 0.15) is 21.5 Å². The molecule has 0 saturated carbocycles. The maximum Gasteiger partial charge on any atom is 0.322 e. The summed E-state index contributed by atoms with van der Waals surface area (Å²) in [4.78, 5) is 40.9. The largest absolute Gasteiger partial charge is 0.504 e. The third kappa shape index (κ3) is 3.44. The van der Waals surface area contributed by atoms with Crippen molar-refractivity contribution in [1.82, 2.24) is 19.5 Å². The third-order valence-electron chi connectivity index (χ3n) is 4.72. The number of carboxylic acid groups (broad SMARTS) is 1. The Morgan fingerprint density at radius 3 is 2.52 bits per heavy atom. The predicted molar refractivity (Wildman–Crippen MR) is 109 cm³/mol. The molecule has 0 atom stereocenters. The van der Waals surface area contributed by atoms with Crippen LogP contribution >= 0.6 is 0 Å². The number of hydrogen-bond acceptors (Lipinski definition) is 6. The molecule has 1 amide bonds. The second kappa shape index (κ2) is 7.64. The van der Waals surface area contributed by atoms with Crippen LogP contribution in [0.4, 0.5) is 0 Å². The van der Waals surface area contributed by atoms with E-state index in [1.165, 1.54) is 9.20 Å². The Morgan fingerprint density at radius 1 is 1.13 bits per heavy atom. The van der Waals surface area contributed by atoms with Crippen LogP contribution in [-0.4, -0.2) is 42.8 Å². The van der Waals surface area contributed by atoms with E-state index in [0.29, 0.717) is 22.2 Å². The Labute approximate surface area is 174 Å². The molecule has 2 aromatic carbocycles. The van der Waals surface area contributed by atoms with Gasteiger partial charge in [0.15, 0.2) is 17.0 Å². The number of carbonyl (C=O) groups is 2. The van der Waals surface area contributed by atoms with Gasteiger partial charge in [-0.2, -0.15) is 5.26 Å². The molecular formula is C21H15N5O5. The number of hydrogen-bond donors (Lipinski definition) is 3. The molecule has 2 heterocycles. The summed E-state index contributed by atoms with van der Waals surface area (Å²) in [7, 11) is 0. The number of imidazole rings is 1. The molecule has 0 spiro atoms. The number of carboxylic acids is 1. The van der Waals surface area contributed by atoms with Crippen LogP contribution in [0.5, 0.6) is 5.75 Å². The van der Waals surface area contributed by atoms with Gasteiger partial charge in [0.2, 0.25) is 0 Å². The summed E-state index contributed by atoms with van der Waals surface area (Å²) in [6.07, 6.45) is 0. The molecule has 2 aromatic heterocycles. The molecule has 10 nitrogen and oxygen atoms in total. The number of amides is 1. The highest BCUT2D eigenvalue weighted by Gasteiger charge is 2.25. The number of nitrogens with one attached hydrogen (secondary N) is 1. The summed E-state index contributed by atoms with van der Waals surface area (Å²) in [5.41, 5.74) is 0.717. The molecule has 0 fully saturated rings. The van der Waals surface area contributed by atoms with E-state index in [2.05, 4.69) is 10.3 Å². The topological polar surface area (TPSA) is 150 Å². The number of aliphatic carboxylic acids is 1. The number of para-hydroxylation sites is 2.